The average molecular weight is 283 g/mol. The molecule has 1 fully saturated rings. The van der Waals surface area contributed by atoms with Crippen LogP contribution in [0.4, 0.5) is 5.69 Å². The Morgan fingerprint density at radius 1 is 1.32 bits per heavy atom. The van der Waals surface area contributed by atoms with E-state index in [1.807, 2.05) is 26.0 Å². The molecule has 1 heterocycles. The summed E-state index contributed by atoms with van der Waals surface area (Å²) in [6.07, 6.45) is 2.85. The van der Waals surface area contributed by atoms with Gasteiger partial charge in [-0.25, -0.2) is 0 Å². The lowest BCUT2D eigenvalue weighted by molar-refractivity contribution is -0.122. The minimum Gasteiger partial charge on any atom is -0.324 e. The number of hydrogen-bond donors (Lipinski definition) is 2. The van der Waals surface area contributed by atoms with Crippen molar-refractivity contribution in [2.45, 2.75) is 45.6 Å². The first kappa shape index (κ1) is 16.0. The van der Waals surface area contributed by atoms with Crippen LogP contribution in [-0.4, -0.2) is 18.0 Å². The molecule has 0 bridgehead atoms. The second-order valence-corrected chi connectivity index (χ2v) is 5.30. The predicted molar refractivity (Wildman–Crippen MR) is 82.1 cm³/mol. The van der Waals surface area contributed by atoms with Crippen molar-refractivity contribution in [3.8, 4) is 0 Å². The Morgan fingerprint density at radius 3 is 2.42 bits per heavy atom. The molecule has 106 valence electrons. The van der Waals surface area contributed by atoms with Crippen LogP contribution in [0.15, 0.2) is 18.2 Å². The van der Waals surface area contributed by atoms with Crippen LogP contribution in [0.2, 0.25) is 0 Å². The van der Waals surface area contributed by atoms with Crippen LogP contribution in [0.1, 0.15) is 37.3 Å². The van der Waals surface area contributed by atoms with Gasteiger partial charge < -0.3 is 10.6 Å². The molecule has 3 nitrogen and oxygen atoms in total. The van der Waals surface area contributed by atoms with Crippen LogP contribution in [0.5, 0.6) is 0 Å². The SMILES string of the molecule is CCC1(C(=O)Nc2cc(C)cc(C)c2)CCCN1.Cl. The summed E-state index contributed by atoms with van der Waals surface area (Å²) in [4.78, 5) is 12.4. The molecule has 2 N–H and O–H groups in total. The molecule has 1 aliphatic heterocycles. The first-order valence-corrected chi connectivity index (χ1v) is 6.70. The largest absolute Gasteiger partial charge is 0.324 e. The van der Waals surface area contributed by atoms with Gasteiger partial charge in [-0.3, -0.25) is 4.79 Å². The van der Waals surface area contributed by atoms with Gasteiger partial charge in [0.05, 0.1) is 5.54 Å². The molecular formula is C15H23ClN2O. The number of amides is 1. The zero-order valence-electron chi connectivity index (χ0n) is 11.9. The summed E-state index contributed by atoms with van der Waals surface area (Å²) in [5.74, 6) is 0.104. The van der Waals surface area contributed by atoms with Gasteiger partial charge in [0.15, 0.2) is 0 Å². The van der Waals surface area contributed by atoms with Crippen molar-refractivity contribution in [1.29, 1.82) is 0 Å². The molecule has 1 unspecified atom stereocenters. The average Bonchev–Trinajstić information content (AvgIpc) is 2.77. The number of rotatable bonds is 3. The van der Waals surface area contributed by atoms with E-state index in [1.54, 1.807) is 0 Å². The molecule has 1 aliphatic rings. The molecular weight excluding hydrogens is 260 g/mol. The Morgan fingerprint density at radius 2 is 1.95 bits per heavy atom. The highest BCUT2D eigenvalue weighted by atomic mass is 35.5. The minimum absolute atomic E-state index is 0. The summed E-state index contributed by atoms with van der Waals surface area (Å²) in [5, 5.41) is 6.41. The Kier molecular flexibility index (Phi) is 5.39. The standard InChI is InChI=1S/C15H22N2O.ClH/c1-4-15(6-5-7-16-15)14(18)17-13-9-11(2)8-12(3)10-13;/h8-10,16H,4-7H2,1-3H3,(H,17,18);1H. The highest BCUT2D eigenvalue weighted by molar-refractivity contribution is 5.98. The molecule has 0 aliphatic carbocycles. The zero-order chi connectivity index (χ0) is 13.2. The predicted octanol–water partition coefficient (Wildman–Crippen LogP) is 3.20. The van der Waals surface area contributed by atoms with Gasteiger partial charge in [-0.2, -0.15) is 0 Å². The quantitative estimate of drug-likeness (QED) is 0.894. The minimum atomic E-state index is -0.363. The summed E-state index contributed by atoms with van der Waals surface area (Å²) >= 11 is 0. The number of nitrogens with one attached hydrogen (secondary N) is 2. The van der Waals surface area contributed by atoms with Crippen LogP contribution in [0.3, 0.4) is 0 Å². The maximum atomic E-state index is 12.4. The van der Waals surface area contributed by atoms with Crippen molar-refractivity contribution in [2.24, 2.45) is 0 Å². The molecule has 1 atom stereocenters. The van der Waals surface area contributed by atoms with Crippen molar-refractivity contribution < 1.29 is 4.79 Å². The molecule has 2 rings (SSSR count). The van der Waals surface area contributed by atoms with Crippen LogP contribution in [0, 0.1) is 13.8 Å². The van der Waals surface area contributed by atoms with Crippen LogP contribution < -0.4 is 10.6 Å². The van der Waals surface area contributed by atoms with Gasteiger partial charge >= 0.3 is 0 Å². The van der Waals surface area contributed by atoms with E-state index in [9.17, 15) is 4.79 Å². The highest BCUT2D eigenvalue weighted by Gasteiger charge is 2.38. The molecule has 1 saturated heterocycles. The zero-order valence-corrected chi connectivity index (χ0v) is 12.7. The smallest absolute Gasteiger partial charge is 0.244 e. The van der Waals surface area contributed by atoms with Gasteiger partial charge in [0.2, 0.25) is 5.91 Å². The summed E-state index contributed by atoms with van der Waals surface area (Å²) < 4.78 is 0. The van der Waals surface area contributed by atoms with E-state index in [1.165, 1.54) is 11.1 Å². The summed E-state index contributed by atoms with van der Waals surface area (Å²) in [7, 11) is 0. The topological polar surface area (TPSA) is 41.1 Å². The van der Waals surface area contributed by atoms with Crippen molar-refractivity contribution in [2.75, 3.05) is 11.9 Å². The van der Waals surface area contributed by atoms with Crippen molar-refractivity contribution in [1.82, 2.24) is 5.32 Å². The third-order valence-corrected chi connectivity index (χ3v) is 3.76. The van der Waals surface area contributed by atoms with E-state index in [2.05, 4.69) is 23.6 Å². The molecule has 4 heteroatoms. The third kappa shape index (κ3) is 3.48. The monoisotopic (exact) mass is 282 g/mol. The molecule has 1 aromatic rings. The van der Waals surface area contributed by atoms with E-state index < -0.39 is 0 Å². The second-order valence-electron chi connectivity index (χ2n) is 5.30. The number of carbonyl (C=O) groups is 1. The molecule has 1 aromatic carbocycles. The summed E-state index contributed by atoms with van der Waals surface area (Å²) in [5.41, 5.74) is 2.89. The maximum absolute atomic E-state index is 12.4. The first-order chi connectivity index (χ1) is 8.55. The molecule has 0 aromatic heterocycles. The second kappa shape index (κ2) is 6.40. The molecule has 1 amide bonds. The van der Waals surface area contributed by atoms with Crippen molar-refractivity contribution >= 4 is 24.0 Å². The number of benzene rings is 1. The summed E-state index contributed by atoms with van der Waals surface area (Å²) in [6.45, 7) is 7.10. The van der Waals surface area contributed by atoms with Crippen LogP contribution in [-0.2, 0) is 4.79 Å². The fraction of sp³-hybridized carbons (Fsp3) is 0.533. The van der Waals surface area contributed by atoms with E-state index in [4.69, 9.17) is 0 Å². The Bertz CT molecular complexity index is 433. The van der Waals surface area contributed by atoms with Gasteiger partial charge in [-0.05, 0) is 62.9 Å². The Labute approximate surface area is 121 Å². The van der Waals surface area contributed by atoms with E-state index in [0.29, 0.717) is 0 Å². The molecule has 0 radical (unpaired) electrons. The Hall–Kier alpha value is -1.06. The molecule has 19 heavy (non-hydrogen) atoms. The fourth-order valence-corrected chi connectivity index (χ4v) is 2.76. The maximum Gasteiger partial charge on any atom is 0.244 e. The highest BCUT2D eigenvalue weighted by Crippen LogP contribution is 2.25. The number of anilines is 1. The Balaban J connectivity index is 0.00000180. The first-order valence-electron chi connectivity index (χ1n) is 6.70. The fourth-order valence-electron chi connectivity index (χ4n) is 2.76. The third-order valence-electron chi connectivity index (χ3n) is 3.76. The lowest BCUT2D eigenvalue weighted by atomic mass is 9.93. The molecule has 0 spiro atoms. The van der Waals surface area contributed by atoms with E-state index >= 15 is 0 Å². The summed E-state index contributed by atoms with van der Waals surface area (Å²) in [6, 6.07) is 6.14. The van der Waals surface area contributed by atoms with Crippen LogP contribution in [0.25, 0.3) is 0 Å². The van der Waals surface area contributed by atoms with Crippen molar-refractivity contribution in [3.63, 3.8) is 0 Å². The van der Waals surface area contributed by atoms with Gasteiger partial charge in [-0.1, -0.05) is 13.0 Å². The molecule has 0 saturated carbocycles. The number of halogens is 1. The number of aryl methyl sites for hydroxylation is 2. The lowest BCUT2D eigenvalue weighted by Gasteiger charge is -2.26. The number of carbonyl (C=O) groups excluding carboxylic acids is 1. The van der Waals surface area contributed by atoms with Gasteiger partial charge in [0, 0.05) is 5.69 Å². The van der Waals surface area contributed by atoms with Gasteiger partial charge in [0.1, 0.15) is 0 Å². The van der Waals surface area contributed by atoms with Gasteiger partial charge in [-0.15, -0.1) is 12.4 Å². The lowest BCUT2D eigenvalue weighted by Crippen LogP contribution is -2.50. The van der Waals surface area contributed by atoms with E-state index in [0.717, 1.165) is 31.5 Å². The number of hydrogen-bond acceptors (Lipinski definition) is 2. The van der Waals surface area contributed by atoms with E-state index in [-0.39, 0.29) is 23.9 Å². The normalized spacial score (nSPS) is 21.8. The van der Waals surface area contributed by atoms with Crippen LogP contribution >= 0.6 is 12.4 Å². The van der Waals surface area contributed by atoms with Crippen molar-refractivity contribution in [3.05, 3.63) is 29.3 Å². The van der Waals surface area contributed by atoms with Gasteiger partial charge in [0.25, 0.3) is 0 Å².